The molecule has 0 radical (unpaired) electrons. The SMILES string of the molecule is O=C([O-])CCc1ccc2c(c1)CC(CNS(=O)(=O)c1ccc(Cl)cc1)C2. The first-order valence-corrected chi connectivity index (χ1v) is 10.3. The van der Waals surface area contributed by atoms with E-state index in [-0.39, 0.29) is 17.2 Å². The van der Waals surface area contributed by atoms with Crippen molar-refractivity contribution in [3.05, 3.63) is 64.2 Å². The molecule has 1 unspecified atom stereocenters. The summed E-state index contributed by atoms with van der Waals surface area (Å²) in [4.78, 5) is 10.8. The Morgan fingerprint density at radius 2 is 1.81 bits per heavy atom. The van der Waals surface area contributed by atoms with Gasteiger partial charge in [0.15, 0.2) is 0 Å². The van der Waals surface area contributed by atoms with Crippen LogP contribution in [0.3, 0.4) is 0 Å². The van der Waals surface area contributed by atoms with Crippen LogP contribution in [0.5, 0.6) is 0 Å². The summed E-state index contributed by atoms with van der Waals surface area (Å²) in [6.07, 6.45) is 2.03. The van der Waals surface area contributed by atoms with E-state index in [4.69, 9.17) is 11.6 Å². The number of hydrogen-bond acceptors (Lipinski definition) is 4. The number of aliphatic carboxylic acids is 1. The summed E-state index contributed by atoms with van der Waals surface area (Å²) in [6, 6.07) is 12.0. The number of carbonyl (C=O) groups is 1. The number of sulfonamides is 1. The van der Waals surface area contributed by atoms with E-state index in [0.29, 0.717) is 18.0 Å². The van der Waals surface area contributed by atoms with Gasteiger partial charge in [-0.05, 0) is 72.6 Å². The topological polar surface area (TPSA) is 86.3 Å². The Labute approximate surface area is 158 Å². The Hall–Kier alpha value is -1.89. The first-order chi connectivity index (χ1) is 12.3. The average molecular weight is 393 g/mol. The van der Waals surface area contributed by atoms with Crippen molar-refractivity contribution in [1.29, 1.82) is 0 Å². The molecule has 7 heteroatoms. The van der Waals surface area contributed by atoms with Crippen molar-refractivity contribution in [3.63, 3.8) is 0 Å². The molecule has 0 heterocycles. The van der Waals surface area contributed by atoms with Gasteiger partial charge in [0.1, 0.15) is 0 Å². The Morgan fingerprint density at radius 3 is 2.50 bits per heavy atom. The molecule has 1 atom stereocenters. The van der Waals surface area contributed by atoms with Gasteiger partial charge in [-0.3, -0.25) is 0 Å². The largest absolute Gasteiger partial charge is 0.550 e. The predicted octanol–water partition coefficient (Wildman–Crippen LogP) is 1.72. The molecule has 0 spiro atoms. The third-order valence-electron chi connectivity index (χ3n) is 4.59. The molecule has 0 saturated carbocycles. The summed E-state index contributed by atoms with van der Waals surface area (Å²) in [5.74, 6) is -0.872. The first kappa shape index (κ1) is 18.9. The van der Waals surface area contributed by atoms with Crippen molar-refractivity contribution in [1.82, 2.24) is 4.72 Å². The van der Waals surface area contributed by atoms with Crippen LogP contribution in [0.15, 0.2) is 47.4 Å². The van der Waals surface area contributed by atoms with Crippen LogP contribution in [0.1, 0.15) is 23.1 Å². The maximum absolute atomic E-state index is 12.4. The van der Waals surface area contributed by atoms with Crippen LogP contribution in [-0.2, 0) is 34.1 Å². The molecule has 0 aliphatic heterocycles. The van der Waals surface area contributed by atoms with E-state index in [2.05, 4.69) is 4.72 Å². The Bertz CT molecular complexity index is 910. The molecular weight excluding hydrogens is 374 g/mol. The fourth-order valence-corrected chi connectivity index (χ4v) is 4.48. The van der Waals surface area contributed by atoms with Gasteiger partial charge in [-0.15, -0.1) is 0 Å². The predicted molar refractivity (Wildman–Crippen MR) is 97.3 cm³/mol. The molecule has 0 amide bonds. The van der Waals surface area contributed by atoms with Crippen LogP contribution in [0.25, 0.3) is 0 Å². The molecule has 0 bridgehead atoms. The normalized spacial score (nSPS) is 16.4. The minimum atomic E-state index is -3.56. The zero-order chi connectivity index (χ0) is 18.7. The maximum atomic E-state index is 12.4. The van der Waals surface area contributed by atoms with E-state index in [9.17, 15) is 18.3 Å². The number of nitrogens with one attached hydrogen (secondary N) is 1. The van der Waals surface area contributed by atoms with Gasteiger partial charge in [-0.25, -0.2) is 13.1 Å². The first-order valence-electron chi connectivity index (χ1n) is 8.39. The van der Waals surface area contributed by atoms with Crippen molar-refractivity contribution >= 4 is 27.6 Å². The Morgan fingerprint density at radius 1 is 1.12 bits per heavy atom. The Balaban J connectivity index is 1.60. The van der Waals surface area contributed by atoms with Crippen LogP contribution in [0.2, 0.25) is 5.02 Å². The van der Waals surface area contributed by atoms with Gasteiger partial charge in [0.2, 0.25) is 10.0 Å². The molecule has 2 aromatic carbocycles. The molecular formula is C19H19ClNO4S-. The van der Waals surface area contributed by atoms with Gasteiger partial charge < -0.3 is 9.90 Å². The molecule has 0 aromatic heterocycles. The van der Waals surface area contributed by atoms with Crippen LogP contribution in [-0.4, -0.2) is 20.9 Å². The molecule has 3 rings (SSSR count). The van der Waals surface area contributed by atoms with Crippen molar-refractivity contribution in [3.8, 4) is 0 Å². The maximum Gasteiger partial charge on any atom is 0.240 e. The highest BCUT2D eigenvalue weighted by Gasteiger charge is 2.24. The number of carbonyl (C=O) groups excluding carboxylic acids is 1. The standard InChI is InChI=1S/C19H20ClNO4S/c20-17-4-6-18(7-5-17)26(24,25)21-12-14-10-15-3-1-13(2-8-19(22)23)9-16(15)11-14/h1,3-7,9,14,21H,2,8,10-12H2,(H,22,23)/p-1. The number of carboxylic acids is 1. The van der Waals surface area contributed by atoms with Crippen molar-refractivity contribution in [2.45, 2.75) is 30.6 Å². The smallest absolute Gasteiger partial charge is 0.240 e. The quantitative estimate of drug-likeness (QED) is 0.777. The molecule has 138 valence electrons. The number of halogens is 1. The molecule has 1 aliphatic carbocycles. The monoisotopic (exact) mass is 392 g/mol. The zero-order valence-corrected chi connectivity index (χ0v) is 15.6. The van der Waals surface area contributed by atoms with E-state index in [0.717, 1.165) is 24.0 Å². The molecule has 1 aliphatic rings. The lowest BCUT2D eigenvalue weighted by Crippen LogP contribution is -2.29. The highest BCUT2D eigenvalue weighted by Crippen LogP contribution is 2.28. The highest BCUT2D eigenvalue weighted by atomic mass is 35.5. The minimum absolute atomic E-state index is 0.00308. The molecule has 0 fully saturated rings. The number of hydrogen-bond donors (Lipinski definition) is 1. The fourth-order valence-electron chi connectivity index (χ4n) is 3.23. The number of aryl methyl sites for hydroxylation is 1. The number of rotatable bonds is 7. The number of fused-ring (bicyclic) bond motifs is 1. The summed E-state index contributed by atoms with van der Waals surface area (Å²) in [7, 11) is -3.56. The van der Waals surface area contributed by atoms with E-state index >= 15 is 0 Å². The van der Waals surface area contributed by atoms with Gasteiger partial charge in [0, 0.05) is 17.5 Å². The second kappa shape index (κ2) is 7.78. The van der Waals surface area contributed by atoms with Crippen molar-refractivity contribution < 1.29 is 18.3 Å². The summed E-state index contributed by atoms with van der Waals surface area (Å²) < 4.78 is 27.4. The molecule has 26 heavy (non-hydrogen) atoms. The summed E-state index contributed by atoms with van der Waals surface area (Å²) in [5, 5.41) is 11.1. The van der Waals surface area contributed by atoms with Crippen molar-refractivity contribution in [2.24, 2.45) is 5.92 Å². The van der Waals surface area contributed by atoms with Crippen LogP contribution in [0, 0.1) is 5.92 Å². The Kier molecular flexibility index (Phi) is 5.65. The van der Waals surface area contributed by atoms with E-state index in [1.807, 2.05) is 18.2 Å². The number of benzene rings is 2. The zero-order valence-electron chi connectivity index (χ0n) is 14.1. The van der Waals surface area contributed by atoms with Gasteiger partial charge in [-0.1, -0.05) is 29.8 Å². The summed E-state index contributed by atoms with van der Waals surface area (Å²) in [6.45, 7) is 0.355. The van der Waals surface area contributed by atoms with Gasteiger partial charge in [0.25, 0.3) is 0 Å². The van der Waals surface area contributed by atoms with E-state index in [1.165, 1.54) is 17.7 Å². The fraction of sp³-hybridized carbons (Fsp3) is 0.316. The third-order valence-corrected chi connectivity index (χ3v) is 6.28. The summed E-state index contributed by atoms with van der Waals surface area (Å²) >= 11 is 5.80. The van der Waals surface area contributed by atoms with E-state index in [1.54, 1.807) is 12.1 Å². The second-order valence-electron chi connectivity index (χ2n) is 6.56. The summed E-state index contributed by atoms with van der Waals surface area (Å²) in [5.41, 5.74) is 3.32. The van der Waals surface area contributed by atoms with Crippen LogP contribution in [0.4, 0.5) is 0 Å². The molecule has 5 nitrogen and oxygen atoms in total. The molecule has 1 N–H and O–H groups in total. The lowest BCUT2D eigenvalue weighted by molar-refractivity contribution is -0.305. The highest BCUT2D eigenvalue weighted by molar-refractivity contribution is 7.89. The second-order valence-corrected chi connectivity index (χ2v) is 8.76. The van der Waals surface area contributed by atoms with Gasteiger partial charge in [0.05, 0.1) is 4.90 Å². The minimum Gasteiger partial charge on any atom is -0.550 e. The van der Waals surface area contributed by atoms with Crippen LogP contribution >= 0.6 is 11.6 Å². The lowest BCUT2D eigenvalue weighted by Gasteiger charge is -2.11. The van der Waals surface area contributed by atoms with Gasteiger partial charge in [-0.2, -0.15) is 0 Å². The third kappa shape index (κ3) is 4.63. The van der Waals surface area contributed by atoms with Crippen molar-refractivity contribution in [2.75, 3.05) is 6.54 Å². The molecule has 2 aromatic rings. The molecule has 0 saturated heterocycles. The van der Waals surface area contributed by atoms with Crippen LogP contribution < -0.4 is 9.83 Å². The van der Waals surface area contributed by atoms with E-state index < -0.39 is 16.0 Å². The number of carboxylic acid groups (broad SMARTS) is 1. The van der Waals surface area contributed by atoms with Gasteiger partial charge >= 0.3 is 0 Å². The average Bonchev–Trinajstić information content (AvgIpc) is 3.01. The lowest BCUT2D eigenvalue weighted by atomic mass is 10.0.